The van der Waals surface area contributed by atoms with Gasteiger partial charge in [0.1, 0.15) is 10.8 Å². The fourth-order valence-corrected chi connectivity index (χ4v) is 1.28. The first-order valence-corrected chi connectivity index (χ1v) is 3.78. The molecular formula is C6H9FN2S. The fourth-order valence-electron chi connectivity index (χ4n) is 0.559. The van der Waals surface area contributed by atoms with Crippen molar-refractivity contribution >= 4 is 17.2 Å². The minimum absolute atomic E-state index is 0.394. The first-order valence-electron chi connectivity index (χ1n) is 2.90. The van der Waals surface area contributed by atoms with Crippen molar-refractivity contribution in [3.63, 3.8) is 0 Å². The molecule has 0 bridgehead atoms. The highest BCUT2D eigenvalue weighted by Crippen LogP contribution is 2.27. The third-order valence-corrected chi connectivity index (χ3v) is 2.19. The van der Waals surface area contributed by atoms with Crippen molar-refractivity contribution in [3.05, 3.63) is 10.4 Å². The normalized spacial score (nSPS) is 11.9. The Morgan fingerprint density at radius 3 is 2.50 bits per heavy atom. The van der Waals surface area contributed by atoms with Gasteiger partial charge in [0.15, 0.2) is 5.67 Å². The number of hydrogen-bond acceptors (Lipinski definition) is 3. The van der Waals surface area contributed by atoms with Gasteiger partial charge in [0, 0.05) is 5.38 Å². The SMILES string of the molecule is CC(C)(F)c1nc(N)cs1. The minimum atomic E-state index is -1.36. The number of nitrogens with zero attached hydrogens (tertiary/aromatic N) is 1. The van der Waals surface area contributed by atoms with Crippen molar-refractivity contribution in [2.24, 2.45) is 0 Å². The zero-order valence-electron chi connectivity index (χ0n) is 5.89. The van der Waals surface area contributed by atoms with E-state index in [0.29, 0.717) is 10.8 Å². The van der Waals surface area contributed by atoms with Crippen LogP contribution in [0.25, 0.3) is 0 Å². The highest BCUT2D eigenvalue weighted by atomic mass is 32.1. The van der Waals surface area contributed by atoms with E-state index in [1.54, 1.807) is 5.38 Å². The number of nitrogen functional groups attached to an aromatic ring is 1. The van der Waals surface area contributed by atoms with Gasteiger partial charge in [-0.2, -0.15) is 0 Å². The maximum atomic E-state index is 13.0. The van der Waals surface area contributed by atoms with Gasteiger partial charge in [0.05, 0.1) is 0 Å². The summed E-state index contributed by atoms with van der Waals surface area (Å²) in [5.41, 5.74) is 3.95. The van der Waals surface area contributed by atoms with E-state index in [2.05, 4.69) is 4.98 Å². The van der Waals surface area contributed by atoms with Crippen LogP contribution in [0.5, 0.6) is 0 Å². The number of halogens is 1. The lowest BCUT2D eigenvalue weighted by molar-refractivity contribution is 0.221. The average molecular weight is 160 g/mol. The van der Waals surface area contributed by atoms with E-state index in [-0.39, 0.29) is 0 Å². The van der Waals surface area contributed by atoms with E-state index in [9.17, 15) is 4.39 Å². The van der Waals surface area contributed by atoms with E-state index in [1.807, 2.05) is 0 Å². The molecule has 0 radical (unpaired) electrons. The third-order valence-electron chi connectivity index (χ3n) is 1.03. The van der Waals surface area contributed by atoms with Crippen LogP contribution in [-0.2, 0) is 5.67 Å². The van der Waals surface area contributed by atoms with E-state index < -0.39 is 5.67 Å². The van der Waals surface area contributed by atoms with Crippen LogP contribution in [-0.4, -0.2) is 4.98 Å². The quantitative estimate of drug-likeness (QED) is 0.681. The predicted molar refractivity (Wildman–Crippen MR) is 40.7 cm³/mol. The fraction of sp³-hybridized carbons (Fsp3) is 0.500. The molecule has 0 aromatic carbocycles. The molecule has 0 amide bonds. The Hall–Kier alpha value is -0.640. The molecule has 0 saturated carbocycles. The van der Waals surface area contributed by atoms with E-state index in [4.69, 9.17) is 5.73 Å². The van der Waals surface area contributed by atoms with Crippen molar-refractivity contribution in [3.8, 4) is 0 Å². The van der Waals surface area contributed by atoms with Crippen LogP contribution >= 0.6 is 11.3 Å². The number of hydrogen-bond donors (Lipinski definition) is 1. The Kier molecular flexibility index (Phi) is 1.64. The Bertz CT molecular complexity index is 226. The second-order valence-electron chi connectivity index (χ2n) is 2.55. The lowest BCUT2D eigenvalue weighted by atomic mass is 10.2. The number of aromatic nitrogens is 1. The molecular weight excluding hydrogens is 151 g/mol. The lowest BCUT2D eigenvalue weighted by Crippen LogP contribution is -2.08. The predicted octanol–water partition coefficient (Wildman–Crippen LogP) is 1.93. The van der Waals surface area contributed by atoms with Crippen molar-refractivity contribution in [1.82, 2.24) is 4.98 Å². The molecule has 0 aliphatic heterocycles. The van der Waals surface area contributed by atoms with Crippen molar-refractivity contribution in [2.75, 3.05) is 5.73 Å². The van der Waals surface area contributed by atoms with Gasteiger partial charge in [-0.1, -0.05) is 0 Å². The monoisotopic (exact) mass is 160 g/mol. The van der Waals surface area contributed by atoms with Gasteiger partial charge in [-0.25, -0.2) is 9.37 Å². The molecule has 0 saturated heterocycles. The maximum Gasteiger partial charge on any atom is 0.156 e. The van der Waals surface area contributed by atoms with Crippen molar-refractivity contribution in [2.45, 2.75) is 19.5 Å². The van der Waals surface area contributed by atoms with E-state index >= 15 is 0 Å². The van der Waals surface area contributed by atoms with Gasteiger partial charge in [-0.05, 0) is 13.8 Å². The molecule has 0 atom stereocenters. The number of alkyl halides is 1. The van der Waals surface area contributed by atoms with Crippen LogP contribution in [0.4, 0.5) is 10.2 Å². The van der Waals surface area contributed by atoms with Crippen LogP contribution in [0, 0.1) is 0 Å². The smallest absolute Gasteiger partial charge is 0.156 e. The van der Waals surface area contributed by atoms with E-state index in [0.717, 1.165) is 0 Å². The number of rotatable bonds is 1. The second-order valence-corrected chi connectivity index (χ2v) is 3.41. The molecule has 2 nitrogen and oxygen atoms in total. The molecule has 1 rings (SSSR count). The zero-order chi connectivity index (χ0) is 7.78. The van der Waals surface area contributed by atoms with Crippen LogP contribution in [0.3, 0.4) is 0 Å². The molecule has 0 aliphatic rings. The minimum Gasteiger partial charge on any atom is -0.383 e. The first-order chi connectivity index (χ1) is 4.50. The first kappa shape index (κ1) is 7.47. The molecule has 0 spiro atoms. The van der Waals surface area contributed by atoms with Crippen molar-refractivity contribution in [1.29, 1.82) is 0 Å². The topological polar surface area (TPSA) is 38.9 Å². The van der Waals surface area contributed by atoms with E-state index in [1.165, 1.54) is 25.2 Å². The van der Waals surface area contributed by atoms with Crippen molar-refractivity contribution < 1.29 is 4.39 Å². The Labute approximate surface area is 62.9 Å². The molecule has 0 unspecified atom stereocenters. The summed E-state index contributed by atoms with van der Waals surface area (Å²) < 4.78 is 13.0. The molecule has 0 fully saturated rings. The maximum absolute atomic E-state index is 13.0. The molecule has 1 aromatic heterocycles. The van der Waals surface area contributed by atoms with Gasteiger partial charge in [0.25, 0.3) is 0 Å². The van der Waals surface area contributed by atoms with Gasteiger partial charge in [0.2, 0.25) is 0 Å². The summed E-state index contributed by atoms with van der Waals surface area (Å²) in [6.45, 7) is 2.93. The van der Waals surface area contributed by atoms with Gasteiger partial charge < -0.3 is 5.73 Å². The summed E-state index contributed by atoms with van der Waals surface area (Å²) in [7, 11) is 0. The Balaban J connectivity index is 2.96. The Morgan fingerprint density at radius 1 is 1.70 bits per heavy atom. The summed E-state index contributed by atoms with van der Waals surface area (Å²) in [5, 5.41) is 2.07. The number of thiazole rings is 1. The second kappa shape index (κ2) is 2.20. The van der Waals surface area contributed by atoms with Crippen LogP contribution in [0.15, 0.2) is 5.38 Å². The number of anilines is 1. The average Bonchev–Trinajstić information content (AvgIpc) is 2.11. The standard InChI is InChI=1S/C6H9FN2S/c1-6(2,7)5-9-4(8)3-10-5/h3H,8H2,1-2H3. The molecule has 10 heavy (non-hydrogen) atoms. The summed E-state index contributed by atoms with van der Waals surface area (Å²) in [4.78, 5) is 3.80. The van der Waals surface area contributed by atoms with Crippen LogP contribution in [0.2, 0.25) is 0 Å². The van der Waals surface area contributed by atoms with Crippen LogP contribution in [0.1, 0.15) is 18.9 Å². The summed E-state index contributed by atoms with van der Waals surface area (Å²) in [6, 6.07) is 0. The van der Waals surface area contributed by atoms with Gasteiger partial charge in [-0.3, -0.25) is 0 Å². The third kappa shape index (κ3) is 1.44. The summed E-state index contributed by atoms with van der Waals surface area (Å²) in [6.07, 6.45) is 0. The molecule has 0 aliphatic carbocycles. The highest BCUT2D eigenvalue weighted by molar-refractivity contribution is 7.10. The molecule has 2 N–H and O–H groups in total. The summed E-state index contributed by atoms with van der Waals surface area (Å²) in [5.74, 6) is 0.394. The van der Waals surface area contributed by atoms with Crippen LogP contribution < -0.4 is 5.73 Å². The zero-order valence-corrected chi connectivity index (χ0v) is 6.70. The highest BCUT2D eigenvalue weighted by Gasteiger charge is 2.22. The molecule has 4 heteroatoms. The van der Waals surface area contributed by atoms with Gasteiger partial charge in [-0.15, -0.1) is 11.3 Å². The van der Waals surface area contributed by atoms with Gasteiger partial charge >= 0.3 is 0 Å². The summed E-state index contributed by atoms with van der Waals surface area (Å²) >= 11 is 1.25. The largest absolute Gasteiger partial charge is 0.383 e. The molecule has 1 aromatic rings. The number of nitrogens with two attached hydrogens (primary N) is 1. The molecule has 56 valence electrons. The lowest BCUT2D eigenvalue weighted by Gasteiger charge is -2.08. The Morgan fingerprint density at radius 2 is 2.30 bits per heavy atom. The molecule has 1 heterocycles.